The molecule has 3 aromatic rings. The zero-order valence-corrected chi connectivity index (χ0v) is 15.6. The first-order valence-corrected chi connectivity index (χ1v) is 10.0. The van der Waals surface area contributed by atoms with Crippen LogP contribution in [0.3, 0.4) is 0 Å². The van der Waals surface area contributed by atoms with Gasteiger partial charge in [0, 0.05) is 24.5 Å². The molecule has 0 spiro atoms. The number of fused-ring (bicyclic) bond motifs is 1. The van der Waals surface area contributed by atoms with Gasteiger partial charge in [-0.15, -0.1) is 5.10 Å². The van der Waals surface area contributed by atoms with Gasteiger partial charge in [-0.25, -0.2) is 22.4 Å². The molecule has 0 fully saturated rings. The minimum absolute atomic E-state index is 0.0212. The maximum atomic E-state index is 11.7. The molecular weight excluding hydrogens is 370 g/mol. The number of hydrogen-bond acceptors (Lipinski definition) is 6. The van der Waals surface area contributed by atoms with E-state index in [4.69, 9.17) is 0 Å². The molecule has 11 heteroatoms. The smallest absolute Gasteiger partial charge is 0.321 e. The second-order valence-electron chi connectivity index (χ2n) is 5.76. The molecule has 3 rings (SSSR count). The van der Waals surface area contributed by atoms with Crippen LogP contribution in [0.1, 0.15) is 12.6 Å². The Morgan fingerprint density at radius 2 is 2.07 bits per heavy atom. The fraction of sp³-hybridized carbons (Fsp3) is 0.250. The van der Waals surface area contributed by atoms with Crippen molar-refractivity contribution < 1.29 is 13.2 Å². The van der Waals surface area contributed by atoms with Crippen molar-refractivity contribution in [1.29, 1.82) is 0 Å². The van der Waals surface area contributed by atoms with Crippen molar-refractivity contribution in [3.05, 3.63) is 42.4 Å². The van der Waals surface area contributed by atoms with Crippen molar-refractivity contribution in [3.63, 3.8) is 0 Å². The molecule has 3 heterocycles. The molecule has 0 atom stereocenters. The third-order valence-electron chi connectivity index (χ3n) is 3.58. The van der Waals surface area contributed by atoms with Gasteiger partial charge in [-0.05, 0) is 30.7 Å². The molecular formula is C16H19N7O3S. The highest BCUT2D eigenvalue weighted by Gasteiger charge is 2.13. The van der Waals surface area contributed by atoms with E-state index in [1.165, 1.54) is 4.52 Å². The first kappa shape index (κ1) is 18.7. The predicted molar refractivity (Wildman–Crippen MR) is 101 cm³/mol. The number of rotatable bonds is 6. The Kier molecular flexibility index (Phi) is 5.33. The Balaban J connectivity index is 2.04. The number of nitrogens with zero attached hydrogens (tertiary/aromatic N) is 4. The highest BCUT2D eigenvalue weighted by atomic mass is 32.2. The third-order valence-corrected chi connectivity index (χ3v) is 4.25. The van der Waals surface area contributed by atoms with Gasteiger partial charge in [-0.1, -0.05) is 6.07 Å². The molecule has 0 radical (unpaired) electrons. The van der Waals surface area contributed by atoms with Gasteiger partial charge in [-0.3, -0.25) is 10.3 Å². The van der Waals surface area contributed by atoms with Crippen LogP contribution in [0.25, 0.3) is 16.8 Å². The van der Waals surface area contributed by atoms with Crippen molar-refractivity contribution in [2.75, 3.05) is 18.1 Å². The van der Waals surface area contributed by atoms with Crippen LogP contribution in [-0.2, 0) is 16.6 Å². The van der Waals surface area contributed by atoms with E-state index in [0.29, 0.717) is 17.9 Å². The summed E-state index contributed by atoms with van der Waals surface area (Å²) in [5.41, 5.74) is 2.68. The van der Waals surface area contributed by atoms with Gasteiger partial charge in [0.2, 0.25) is 10.0 Å². The Bertz CT molecular complexity index is 1060. The molecule has 2 amide bonds. The number of carbonyl (C=O) groups excluding carboxylic acids is 1. The van der Waals surface area contributed by atoms with E-state index in [1.54, 1.807) is 37.5 Å². The largest absolute Gasteiger partial charge is 0.338 e. The summed E-state index contributed by atoms with van der Waals surface area (Å²) in [4.78, 5) is 20.1. The molecule has 142 valence electrons. The summed E-state index contributed by atoms with van der Waals surface area (Å²) in [7, 11) is -3.39. The van der Waals surface area contributed by atoms with Gasteiger partial charge in [0.05, 0.1) is 18.5 Å². The van der Waals surface area contributed by atoms with Crippen LogP contribution in [0.5, 0.6) is 0 Å². The molecule has 0 aromatic carbocycles. The van der Waals surface area contributed by atoms with Crippen LogP contribution in [-0.4, -0.2) is 46.8 Å². The molecule has 0 aliphatic heterocycles. The van der Waals surface area contributed by atoms with E-state index in [-0.39, 0.29) is 12.5 Å². The van der Waals surface area contributed by atoms with Crippen LogP contribution >= 0.6 is 0 Å². The molecule has 0 aliphatic rings. The zero-order valence-electron chi connectivity index (χ0n) is 14.8. The Labute approximate surface area is 156 Å². The van der Waals surface area contributed by atoms with Crippen molar-refractivity contribution in [2.24, 2.45) is 0 Å². The van der Waals surface area contributed by atoms with E-state index in [1.807, 2.05) is 6.07 Å². The van der Waals surface area contributed by atoms with E-state index < -0.39 is 16.1 Å². The molecule has 0 aliphatic carbocycles. The van der Waals surface area contributed by atoms with E-state index in [0.717, 1.165) is 17.4 Å². The number of nitrogens with one attached hydrogen (secondary N) is 3. The molecule has 0 bridgehead atoms. The summed E-state index contributed by atoms with van der Waals surface area (Å²) < 4.78 is 26.9. The SMILES string of the molecule is CCNC(=O)Nc1nc2cc(-c3cccnc3)cc(CNS(C)(=O)=O)n2n1. The number of pyridine rings is 2. The lowest BCUT2D eigenvalue weighted by Crippen LogP contribution is -2.28. The maximum absolute atomic E-state index is 11.7. The number of sulfonamides is 1. The second kappa shape index (κ2) is 7.68. The van der Waals surface area contributed by atoms with Gasteiger partial charge in [0.1, 0.15) is 0 Å². The number of anilines is 1. The van der Waals surface area contributed by atoms with Gasteiger partial charge in [0.15, 0.2) is 5.65 Å². The quantitative estimate of drug-likeness (QED) is 0.576. The lowest BCUT2D eigenvalue weighted by atomic mass is 10.1. The van der Waals surface area contributed by atoms with Crippen LogP contribution in [0, 0.1) is 0 Å². The monoisotopic (exact) mass is 389 g/mol. The average Bonchev–Trinajstić information content (AvgIpc) is 3.02. The predicted octanol–water partition coefficient (Wildman–Crippen LogP) is 0.982. The average molecular weight is 389 g/mol. The second-order valence-corrected chi connectivity index (χ2v) is 7.59. The molecule has 0 unspecified atom stereocenters. The molecule has 0 saturated carbocycles. The number of amides is 2. The van der Waals surface area contributed by atoms with Crippen LogP contribution in [0.15, 0.2) is 36.7 Å². The summed E-state index contributed by atoms with van der Waals surface area (Å²) >= 11 is 0. The standard InChI is InChI=1S/C16H19N7O3S/c1-3-18-16(24)21-15-20-14-8-12(11-5-4-6-17-9-11)7-13(23(14)22-15)10-19-27(2,25)26/h4-9,19H,3,10H2,1-2H3,(H2,18,21,22,24). The highest BCUT2D eigenvalue weighted by Crippen LogP contribution is 2.22. The summed E-state index contributed by atoms with van der Waals surface area (Å²) in [5, 5.41) is 9.40. The highest BCUT2D eigenvalue weighted by molar-refractivity contribution is 7.88. The molecule has 10 nitrogen and oxygen atoms in total. The summed E-state index contributed by atoms with van der Waals surface area (Å²) in [6, 6.07) is 6.86. The van der Waals surface area contributed by atoms with Crippen LogP contribution < -0.4 is 15.4 Å². The normalized spacial score (nSPS) is 11.5. The number of aromatic nitrogens is 4. The zero-order chi connectivity index (χ0) is 19.4. The van der Waals surface area contributed by atoms with E-state index in [2.05, 4.69) is 30.4 Å². The lowest BCUT2D eigenvalue weighted by molar-refractivity contribution is 0.252. The van der Waals surface area contributed by atoms with Crippen LogP contribution in [0.2, 0.25) is 0 Å². The minimum Gasteiger partial charge on any atom is -0.338 e. The molecule has 0 saturated heterocycles. The Hall–Kier alpha value is -3.05. The molecule has 27 heavy (non-hydrogen) atoms. The summed E-state index contributed by atoms with van der Waals surface area (Å²) in [6.45, 7) is 2.28. The number of urea groups is 1. The van der Waals surface area contributed by atoms with Gasteiger partial charge in [-0.2, -0.15) is 4.98 Å². The number of carbonyl (C=O) groups is 1. The Morgan fingerprint density at radius 3 is 2.74 bits per heavy atom. The lowest BCUT2D eigenvalue weighted by Gasteiger charge is -2.08. The van der Waals surface area contributed by atoms with Crippen molar-refractivity contribution >= 4 is 27.6 Å². The fourth-order valence-corrected chi connectivity index (χ4v) is 2.85. The van der Waals surface area contributed by atoms with Gasteiger partial charge in [0.25, 0.3) is 5.95 Å². The van der Waals surface area contributed by atoms with Crippen molar-refractivity contribution in [1.82, 2.24) is 29.6 Å². The van der Waals surface area contributed by atoms with E-state index in [9.17, 15) is 13.2 Å². The first-order chi connectivity index (χ1) is 12.9. The van der Waals surface area contributed by atoms with Crippen molar-refractivity contribution in [3.8, 4) is 11.1 Å². The molecule has 3 N–H and O–H groups in total. The van der Waals surface area contributed by atoms with Gasteiger partial charge < -0.3 is 5.32 Å². The van der Waals surface area contributed by atoms with Crippen molar-refractivity contribution in [2.45, 2.75) is 13.5 Å². The topological polar surface area (TPSA) is 130 Å². The first-order valence-electron chi connectivity index (χ1n) is 8.15. The molecule has 3 aromatic heterocycles. The number of hydrogen-bond donors (Lipinski definition) is 3. The maximum Gasteiger partial charge on any atom is 0.321 e. The Morgan fingerprint density at radius 1 is 1.26 bits per heavy atom. The third kappa shape index (κ3) is 4.77. The fourth-order valence-electron chi connectivity index (χ4n) is 2.44. The summed E-state index contributed by atoms with van der Waals surface area (Å²) in [6.07, 6.45) is 4.45. The van der Waals surface area contributed by atoms with E-state index >= 15 is 0 Å². The van der Waals surface area contributed by atoms with Gasteiger partial charge >= 0.3 is 6.03 Å². The minimum atomic E-state index is -3.39. The van der Waals surface area contributed by atoms with Crippen LogP contribution in [0.4, 0.5) is 10.7 Å². The summed E-state index contributed by atoms with van der Waals surface area (Å²) in [5.74, 6) is 0.116.